The highest BCUT2D eigenvalue weighted by atomic mass is 16.5. The first-order chi connectivity index (χ1) is 11.2. The largest absolute Gasteiger partial charge is 0.457 e. The Balaban J connectivity index is 1.69. The molecule has 1 saturated heterocycles. The molecule has 1 amide bonds. The lowest BCUT2D eigenvalue weighted by Gasteiger charge is -2.26. The fourth-order valence-corrected chi connectivity index (χ4v) is 2.55. The zero-order chi connectivity index (χ0) is 16.1. The van der Waals surface area contributed by atoms with E-state index in [0.29, 0.717) is 17.1 Å². The second kappa shape index (κ2) is 7.21. The lowest BCUT2D eigenvalue weighted by molar-refractivity contribution is 0.1000. The van der Waals surface area contributed by atoms with Crippen molar-refractivity contribution in [1.29, 1.82) is 0 Å². The van der Waals surface area contributed by atoms with Crippen LogP contribution in [0.25, 0.3) is 0 Å². The van der Waals surface area contributed by atoms with Crippen LogP contribution in [0.15, 0.2) is 42.6 Å². The van der Waals surface area contributed by atoms with Gasteiger partial charge in [-0.2, -0.15) is 0 Å². The number of primary amides is 1. The van der Waals surface area contributed by atoms with Crippen molar-refractivity contribution in [3.05, 3.63) is 53.9 Å². The molecule has 1 fully saturated rings. The molecule has 120 valence electrons. The number of amides is 1. The molecule has 2 heterocycles. The summed E-state index contributed by atoms with van der Waals surface area (Å²) in [5.74, 6) is 0.817. The predicted molar refractivity (Wildman–Crippen MR) is 87.4 cm³/mol. The van der Waals surface area contributed by atoms with E-state index in [1.165, 1.54) is 0 Å². The molecule has 23 heavy (non-hydrogen) atoms. The van der Waals surface area contributed by atoms with Crippen LogP contribution in [0.3, 0.4) is 0 Å². The summed E-state index contributed by atoms with van der Waals surface area (Å²) in [6.07, 6.45) is 1.74. The normalized spacial score (nSPS) is 15.3. The van der Waals surface area contributed by atoms with Gasteiger partial charge in [0.25, 0.3) is 0 Å². The highest BCUT2D eigenvalue weighted by molar-refractivity contribution is 5.93. The Kier molecular flexibility index (Phi) is 4.85. The number of aromatic nitrogens is 1. The summed E-state index contributed by atoms with van der Waals surface area (Å²) < 4.78 is 5.82. The van der Waals surface area contributed by atoms with E-state index in [9.17, 15) is 4.79 Å². The minimum absolute atomic E-state index is 0.428. The van der Waals surface area contributed by atoms with Crippen molar-refractivity contribution in [3.63, 3.8) is 0 Å². The van der Waals surface area contributed by atoms with Gasteiger partial charge in [-0.25, -0.2) is 0 Å². The number of nitrogens with two attached hydrogens (primary N) is 1. The summed E-state index contributed by atoms with van der Waals surface area (Å²) in [5, 5.41) is 3.33. The molecule has 0 bridgehead atoms. The molecule has 1 aromatic heterocycles. The van der Waals surface area contributed by atoms with Gasteiger partial charge in [-0.15, -0.1) is 0 Å². The lowest BCUT2D eigenvalue weighted by atomic mass is 10.2. The van der Waals surface area contributed by atoms with Crippen molar-refractivity contribution in [3.8, 4) is 11.5 Å². The number of rotatable bonds is 5. The Morgan fingerprint density at radius 1 is 1.22 bits per heavy atom. The molecule has 0 spiro atoms. The van der Waals surface area contributed by atoms with Crippen LogP contribution in [-0.2, 0) is 6.54 Å². The Morgan fingerprint density at radius 2 is 2.00 bits per heavy atom. The summed E-state index contributed by atoms with van der Waals surface area (Å²) in [6.45, 7) is 4.87. The first-order valence-electron chi connectivity index (χ1n) is 7.66. The molecule has 2 aromatic rings. The fourth-order valence-electron chi connectivity index (χ4n) is 2.55. The first-order valence-corrected chi connectivity index (χ1v) is 7.66. The molecule has 0 saturated carbocycles. The average Bonchev–Trinajstić information content (AvgIpc) is 2.56. The molecule has 0 radical (unpaired) electrons. The van der Waals surface area contributed by atoms with Gasteiger partial charge >= 0.3 is 0 Å². The number of ether oxygens (including phenoxy) is 1. The van der Waals surface area contributed by atoms with Gasteiger partial charge in [-0.3, -0.25) is 14.7 Å². The van der Waals surface area contributed by atoms with Gasteiger partial charge in [0.05, 0.1) is 5.69 Å². The molecule has 6 heteroatoms. The smallest absolute Gasteiger partial charge is 0.248 e. The van der Waals surface area contributed by atoms with Gasteiger partial charge in [0, 0.05) is 50.6 Å². The highest BCUT2D eigenvalue weighted by Crippen LogP contribution is 2.22. The maximum Gasteiger partial charge on any atom is 0.248 e. The summed E-state index contributed by atoms with van der Waals surface area (Å²) in [5.41, 5.74) is 6.69. The van der Waals surface area contributed by atoms with E-state index in [2.05, 4.69) is 15.2 Å². The molecule has 0 aliphatic carbocycles. The van der Waals surface area contributed by atoms with Crippen molar-refractivity contribution in [2.75, 3.05) is 26.2 Å². The number of benzene rings is 1. The molecule has 0 unspecified atom stereocenters. The number of nitrogens with one attached hydrogen (secondary N) is 1. The summed E-state index contributed by atoms with van der Waals surface area (Å²) in [6, 6.07) is 10.6. The predicted octanol–water partition coefficient (Wildman–Crippen LogP) is 1.38. The second-order valence-corrected chi connectivity index (χ2v) is 5.50. The number of hydrogen-bond donors (Lipinski definition) is 2. The minimum Gasteiger partial charge on any atom is -0.457 e. The van der Waals surface area contributed by atoms with Crippen LogP contribution < -0.4 is 15.8 Å². The van der Waals surface area contributed by atoms with Gasteiger partial charge in [0.2, 0.25) is 5.91 Å². The SMILES string of the molecule is NC(=O)c1cccc(Oc2ccnc(CN3CCNCC3)c2)c1. The van der Waals surface area contributed by atoms with E-state index in [-0.39, 0.29) is 0 Å². The zero-order valence-electron chi connectivity index (χ0n) is 12.9. The number of pyridine rings is 1. The number of piperazine rings is 1. The van der Waals surface area contributed by atoms with Crippen molar-refractivity contribution >= 4 is 5.91 Å². The number of nitrogens with zero attached hydrogens (tertiary/aromatic N) is 2. The Labute approximate surface area is 135 Å². The number of hydrogen-bond acceptors (Lipinski definition) is 5. The monoisotopic (exact) mass is 312 g/mol. The Bertz CT molecular complexity index is 684. The third-order valence-electron chi connectivity index (χ3n) is 3.74. The molecular weight excluding hydrogens is 292 g/mol. The van der Waals surface area contributed by atoms with Crippen LogP contribution in [0, 0.1) is 0 Å². The first kappa shape index (κ1) is 15.5. The van der Waals surface area contributed by atoms with E-state index in [4.69, 9.17) is 10.5 Å². The molecular formula is C17H20N4O2. The molecule has 1 aliphatic heterocycles. The van der Waals surface area contributed by atoms with Crippen molar-refractivity contribution in [2.45, 2.75) is 6.54 Å². The van der Waals surface area contributed by atoms with Gasteiger partial charge in [0.1, 0.15) is 11.5 Å². The van der Waals surface area contributed by atoms with Crippen LogP contribution >= 0.6 is 0 Å². The third-order valence-corrected chi connectivity index (χ3v) is 3.74. The number of carbonyl (C=O) groups is 1. The van der Waals surface area contributed by atoms with Crippen LogP contribution in [-0.4, -0.2) is 42.0 Å². The molecule has 1 aliphatic rings. The third kappa shape index (κ3) is 4.28. The van der Waals surface area contributed by atoms with Gasteiger partial charge in [-0.05, 0) is 24.3 Å². The summed E-state index contributed by atoms with van der Waals surface area (Å²) in [7, 11) is 0. The quantitative estimate of drug-likeness (QED) is 0.872. The molecule has 1 aromatic carbocycles. The van der Waals surface area contributed by atoms with Crippen molar-refractivity contribution < 1.29 is 9.53 Å². The Morgan fingerprint density at radius 3 is 2.78 bits per heavy atom. The molecule has 0 atom stereocenters. The maximum atomic E-state index is 11.2. The summed E-state index contributed by atoms with van der Waals surface area (Å²) in [4.78, 5) is 18.0. The summed E-state index contributed by atoms with van der Waals surface area (Å²) >= 11 is 0. The zero-order valence-corrected chi connectivity index (χ0v) is 12.9. The van der Waals surface area contributed by atoms with E-state index >= 15 is 0 Å². The molecule has 3 rings (SSSR count). The topological polar surface area (TPSA) is 80.5 Å². The van der Waals surface area contributed by atoms with E-state index < -0.39 is 5.91 Å². The fraction of sp³-hybridized carbons (Fsp3) is 0.294. The van der Waals surface area contributed by atoms with Crippen LogP contribution in [0.4, 0.5) is 0 Å². The van der Waals surface area contributed by atoms with Crippen LogP contribution in [0.2, 0.25) is 0 Å². The van der Waals surface area contributed by atoms with Crippen LogP contribution in [0.5, 0.6) is 11.5 Å². The lowest BCUT2D eigenvalue weighted by Crippen LogP contribution is -2.43. The standard InChI is InChI=1S/C17H20N4O2/c18-17(22)13-2-1-3-15(10-13)23-16-4-5-20-14(11-16)12-21-8-6-19-7-9-21/h1-5,10-11,19H,6-9,12H2,(H2,18,22). The van der Waals surface area contributed by atoms with E-state index in [0.717, 1.165) is 38.4 Å². The Hall–Kier alpha value is -2.44. The average molecular weight is 312 g/mol. The van der Waals surface area contributed by atoms with Crippen LogP contribution in [0.1, 0.15) is 16.1 Å². The van der Waals surface area contributed by atoms with Gasteiger partial charge in [-0.1, -0.05) is 6.07 Å². The van der Waals surface area contributed by atoms with E-state index in [1.54, 1.807) is 36.5 Å². The highest BCUT2D eigenvalue weighted by Gasteiger charge is 2.11. The molecule has 3 N–H and O–H groups in total. The maximum absolute atomic E-state index is 11.2. The van der Waals surface area contributed by atoms with Gasteiger partial charge < -0.3 is 15.8 Å². The molecule has 6 nitrogen and oxygen atoms in total. The van der Waals surface area contributed by atoms with Crippen molar-refractivity contribution in [1.82, 2.24) is 15.2 Å². The number of carbonyl (C=O) groups excluding carboxylic acids is 1. The minimum atomic E-state index is -0.468. The van der Waals surface area contributed by atoms with Crippen molar-refractivity contribution in [2.24, 2.45) is 5.73 Å². The van der Waals surface area contributed by atoms with E-state index in [1.807, 2.05) is 6.07 Å². The second-order valence-electron chi connectivity index (χ2n) is 5.50. The van der Waals surface area contributed by atoms with Gasteiger partial charge in [0.15, 0.2) is 0 Å².